The van der Waals surface area contributed by atoms with Crippen molar-refractivity contribution in [2.45, 2.75) is 33.3 Å². The fourth-order valence-electron chi connectivity index (χ4n) is 2.95. The third-order valence-corrected chi connectivity index (χ3v) is 5.39. The third kappa shape index (κ3) is 2.47. The molecule has 0 amide bonds. The van der Waals surface area contributed by atoms with Crippen LogP contribution < -0.4 is 0 Å². The van der Waals surface area contributed by atoms with Gasteiger partial charge in [-0.05, 0) is 32.3 Å². The van der Waals surface area contributed by atoms with Gasteiger partial charge in [-0.25, -0.2) is 4.79 Å². The number of nitrogens with zero attached hydrogens (tertiary/aromatic N) is 3. The number of Topliss-reactive ketones (excluding diaryl/α,β-unsaturated/α-hetero) is 1. The van der Waals surface area contributed by atoms with E-state index in [2.05, 4.69) is 10.2 Å². The van der Waals surface area contributed by atoms with Crippen LogP contribution in [-0.2, 0) is 29.0 Å². The summed E-state index contributed by atoms with van der Waals surface area (Å²) in [5, 5.41) is 18.0. The Morgan fingerprint density at radius 2 is 2.13 bits per heavy atom. The standard InChI is InChI=1S/C15H17N3O4S/c1-7(20)9-4-10-11(5-9)23-14(13(10)15(21)22-3)18-8(2)16-17-12(18)6-19/h9,19H,4-6H2,1-3H3. The molecule has 2 heterocycles. The molecule has 1 aliphatic carbocycles. The molecule has 0 aromatic carbocycles. The van der Waals surface area contributed by atoms with E-state index in [-0.39, 0.29) is 18.3 Å². The quantitative estimate of drug-likeness (QED) is 0.844. The first-order valence-electron chi connectivity index (χ1n) is 7.23. The van der Waals surface area contributed by atoms with Gasteiger partial charge in [0.2, 0.25) is 0 Å². The van der Waals surface area contributed by atoms with Crippen molar-refractivity contribution in [3.05, 3.63) is 27.7 Å². The fraction of sp³-hybridized carbons (Fsp3) is 0.467. The molecule has 0 spiro atoms. The molecule has 0 saturated heterocycles. The molecule has 2 aromatic heterocycles. The zero-order valence-corrected chi connectivity index (χ0v) is 13.9. The Labute approximate surface area is 136 Å². The van der Waals surface area contributed by atoms with Crippen LogP contribution in [-0.4, -0.2) is 38.7 Å². The molecule has 1 aliphatic rings. The van der Waals surface area contributed by atoms with Gasteiger partial charge in [0.15, 0.2) is 5.82 Å². The number of aryl methyl sites for hydroxylation is 1. The van der Waals surface area contributed by atoms with E-state index in [0.29, 0.717) is 35.1 Å². The number of hydrogen-bond acceptors (Lipinski definition) is 7. The molecule has 1 unspecified atom stereocenters. The zero-order valence-electron chi connectivity index (χ0n) is 13.1. The summed E-state index contributed by atoms with van der Waals surface area (Å²) in [6.07, 6.45) is 1.18. The molecular formula is C15H17N3O4S. The van der Waals surface area contributed by atoms with Crippen molar-refractivity contribution in [1.82, 2.24) is 14.8 Å². The van der Waals surface area contributed by atoms with Crippen LogP contribution >= 0.6 is 11.3 Å². The number of carbonyl (C=O) groups excluding carboxylic acids is 2. The van der Waals surface area contributed by atoms with Crippen molar-refractivity contribution >= 4 is 23.1 Å². The molecule has 8 heteroatoms. The number of aromatic nitrogens is 3. The van der Waals surface area contributed by atoms with E-state index in [1.165, 1.54) is 18.4 Å². The lowest BCUT2D eigenvalue weighted by Gasteiger charge is -2.10. The minimum Gasteiger partial charge on any atom is -0.465 e. The van der Waals surface area contributed by atoms with Gasteiger partial charge in [0, 0.05) is 10.8 Å². The summed E-state index contributed by atoms with van der Waals surface area (Å²) < 4.78 is 6.61. The first kappa shape index (κ1) is 15.8. The van der Waals surface area contributed by atoms with Crippen LogP contribution in [0.25, 0.3) is 5.00 Å². The highest BCUT2D eigenvalue weighted by atomic mass is 32.1. The maximum Gasteiger partial charge on any atom is 0.341 e. The van der Waals surface area contributed by atoms with Crippen LogP contribution in [0.5, 0.6) is 0 Å². The lowest BCUT2D eigenvalue weighted by atomic mass is 10.0. The van der Waals surface area contributed by atoms with Crippen molar-refractivity contribution in [3.63, 3.8) is 0 Å². The first-order chi connectivity index (χ1) is 11.0. The molecule has 1 atom stereocenters. The minimum atomic E-state index is -0.446. The van der Waals surface area contributed by atoms with Gasteiger partial charge in [-0.2, -0.15) is 0 Å². The van der Waals surface area contributed by atoms with Gasteiger partial charge in [-0.15, -0.1) is 21.5 Å². The summed E-state index contributed by atoms with van der Waals surface area (Å²) in [4.78, 5) is 25.0. The van der Waals surface area contributed by atoms with Crippen molar-refractivity contribution in [2.24, 2.45) is 5.92 Å². The number of methoxy groups -OCH3 is 1. The van der Waals surface area contributed by atoms with E-state index in [9.17, 15) is 14.7 Å². The SMILES string of the molecule is COC(=O)c1c(-n2c(C)nnc2CO)sc2c1CC(C(C)=O)C2. The normalized spacial score (nSPS) is 16.4. The minimum absolute atomic E-state index is 0.0759. The third-order valence-electron chi connectivity index (χ3n) is 4.16. The van der Waals surface area contributed by atoms with E-state index in [1.807, 2.05) is 0 Å². The highest BCUT2D eigenvalue weighted by Gasteiger charge is 2.35. The number of rotatable bonds is 4. The lowest BCUT2D eigenvalue weighted by Crippen LogP contribution is -2.14. The molecule has 0 aliphatic heterocycles. The second-order valence-electron chi connectivity index (χ2n) is 5.55. The monoisotopic (exact) mass is 335 g/mol. The number of ether oxygens (including phenoxy) is 1. The van der Waals surface area contributed by atoms with E-state index >= 15 is 0 Å². The van der Waals surface area contributed by atoms with Crippen molar-refractivity contribution in [3.8, 4) is 5.00 Å². The molecule has 23 heavy (non-hydrogen) atoms. The topological polar surface area (TPSA) is 94.3 Å². The molecule has 0 saturated carbocycles. The molecule has 1 N–H and O–H groups in total. The second-order valence-corrected chi connectivity index (χ2v) is 6.63. The second kappa shape index (κ2) is 5.86. The average Bonchev–Trinajstić information content (AvgIpc) is 3.17. The molecule has 0 fully saturated rings. The summed E-state index contributed by atoms with van der Waals surface area (Å²) in [6, 6.07) is 0. The number of hydrogen-bond donors (Lipinski definition) is 1. The van der Waals surface area contributed by atoms with Crippen molar-refractivity contribution < 1.29 is 19.4 Å². The lowest BCUT2D eigenvalue weighted by molar-refractivity contribution is -0.120. The van der Waals surface area contributed by atoms with E-state index in [0.717, 1.165) is 10.4 Å². The van der Waals surface area contributed by atoms with E-state index in [4.69, 9.17) is 4.74 Å². The van der Waals surface area contributed by atoms with Gasteiger partial charge in [-0.3, -0.25) is 9.36 Å². The fourth-order valence-corrected chi connectivity index (χ4v) is 4.42. The van der Waals surface area contributed by atoms with Crippen LogP contribution in [0.15, 0.2) is 0 Å². The highest BCUT2D eigenvalue weighted by Crippen LogP contribution is 2.41. The zero-order chi connectivity index (χ0) is 16.7. The Balaban J connectivity index is 2.17. The number of aliphatic hydroxyl groups is 1. The van der Waals surface area contributed by atoms with Gasteiger partial charge in [-0.1, -0.05) is 0 Å². The number of carbonyl (C=O) groups is 2. The maximum atomic E-state index is 12.3. The molecular weight excluding hydrogens is 318 g/mol. The highest BCUT2D eigenvalue weighted by molar-refractivity contribution is 7.15. The Morgan fingerprint density at radius 3 is 2.74 bits per heavy atom. The van der Waals surface area contributed by atoms with E-state index in [1.54, 1.807) is 18.4 Å². The molecule has 122 valence electrons. The van der Waals surface area contributed by atoms with Crippen LogP contribution in [0, 0.1) is 12.8 Å². The molecule has 3 rings (SSSR count). The number of esters is 1. The molecule has 2 aromatic rings. The van der Waals surface area contributed by atoms with Gasteiger partial charge < -0.3 is 9.84 Å². The van der Waals surface area contributed by atoms with Crippen LogP contribution in [0.1, 0.15) is 39.4 Å². The van der Waals surface area contributed by atoms with Crippen molar-refractivity contribution in [2.75, 3.05) is 7.11 Å². The summed E-state index contributed by atoms with van der Waals surface area (Å²) in [5.74, 6) is 0.562. The summed E-state index contributed by atoms with van der Waals surface area (Å²) in [6.45, 7) is 3.06. The first-order valence-corrected chi connectivity index (χ1v) is 8.05. The summed E-state index contributed by atoms with van der Waals surface area (Å²) >= 11 is 1.43. The predicted molar refractivity (Wildman–Crippen MR) is 82.8 cm³/mol. The van der Waals surface area contributed by atoms with Gasteiger partial charge in [0.05, 0.1) is 12.7 Å². The molecule has 7 nitrogen and oxygen atoms in total. The molecule has 0 bridgehead atoms. The van der Waals surface area contributed by atoms with Gasteiger partial charge in [0.1, 0.15) is 23.2 Å². The Morgan fingerprint density at radius 1 is 1.39 bits per heavy atom. The Bertz CT molecular complexity index is 793. The number of thiophene rings is 1. The number of fused-ring (bicyclic) bond motifs is 1. The van der Waals surface area contributed by atoms with Crippen LogP contribution in [0.3, 0.4) is 0 Å². The number of ketones is 1. The average molecular weight is 335 g/mol. The number of aliphatic hydroxyl groups excluding tert-OH is 1. The van der Waals surface area contributed by atoms with Crippen LogP contribution in [0.4, 0.5) is 0 Å². The molecule has 0 radical (unpaired) electrons. The summed E-state index contributed by atoms with van der Waals surface area (Å²) in [5.41, 5.74) is 1.32. The predicted octanol–water partition coefficient (Wildman–Crippen LogP) is 1.22. The van der Waals surface area contributed by atoms with E-state index < -0.39 is 5.97 Å². The van der Waals surface area contributed by atoms with Gasteiger partial charge >= 0.3 is 5.97 Å². The van der Waals surface area contributed by atoms with Crippen LogP contribution in [0.2, 0.25) is 0 Å². The Kier molecular flexibility index (Phi) is 4.03. The van der Waals surface area contributed by atoms with Crippen molar-refractivity contribution in [1.29, 1.82) is 0 Å². The van der Waals surface area contributed by atoms with Gasteiger partial charge in [0.25, 0.3) is 0 Å². The summed E-state index contributed by atoms with van der Waals surface area (Å²) in [7, 11) is 1.33. The Hall–Kier alpha value is -2.06. The maximum absolute atomic E-state index is 12.3. The largest absolute Gasteiger partial charge is 0.465 e. The smallest absolute Gasteiger partial charge is 0.341 e.